The van der Waals surface area contributed by atoms with E-state index in [1.165, 1.54) is 20.0 Å². The Morgan fingerprint density at radius 2 is 2.16 bits per heavy atom. The van der Waals surface area contributed by atoms with Crippen LogP contribution in [0.2, 0.25) is 0 Å². The van der Waals surface area contributed by atoms with Crippen molar-refractivity contribution in [2.45, 2.75) is 44.2 Å². The normalized spacial score (nSPS) is 23.8. The van der Waals surface area contributed by atoms with Gasteiger partial charge in [0.15, 0.2) is 0 Å². The zero-order valence-corrected chi connectivity index (χ0v) is 11.5. The minimum atomic E-state index is -0.137. The molecule has 2 heterocycles. The highest BCUT2D eigenvalue weighted by Gasteiger charge is 2.34. The second-order valence-corrected chi connectivity index (χ2v) is 5.46. The van der Waals surface area contributed by atoms with Crippen molar-refractivity contribution in [1.29, 1.82) is 0 Å². The van der Waals surface area contributed by atoms with E-state index >= 15 is 0 Å². The number of rotatable bonds is 4. The number of hydrogen-bond acceptors (Lipinski definition) is 5. The molecule has 3 rings (SSSR count). The molecule has 1 aromatic rings. The fourth-order valence-corrected chi connectivity index (χ4v) is 2.81. The maximum atomic E-state index is 11.7. The fourth-order valence-electron chi connectivity index (χ4n) is 2.81. The average Bonchev–Trinajstić information content (AvgIpc) is 3.05. The molecule has 0 bridgehead atoms. The van der Waals surface area contributed by atoms with Crippen LogP contribution in [0.25, 0.3) is 0 Å². The largest absolute Gasteiger partial charge is 0.468 e. The van der Waals surface area contributed by atoms with Gasteiger partial charge in [0.2, 0.25) is 0 Å². The molecule has 0 spiro atoms. The molecule has 104 valence electrons. The molecule has 0 aromatic carbocycles. The van der Waals surface area contributed by atoms with Gasteiger partial charge in [0.1, 0.15) is 17.7 Å². The third-order valence-electron chi connectivity index (χ3n) is 4.12. The second kappa shape index (κ2) is 4.92. The van der Waals surface area contributed by atoms with Gasteiger partial charge in [-0.2, -0.15) is 0 Å². The lowest BCUT2D eigenvalue weighted by Crippen LogP contribution is -2.37. The van der Waals surface area contributed by atoms with E-state index in [2.05, 4.69) is 19.7 Å². The number of carbonyl (C=O) groups is 1. The molecular formula is C13H20N4O2. The van der Waals surface area contributed by atoms with Crippen LogP contribution in [0.3, 0.4) is 0 Å². The van der Waals surface area contributed by atoms with Gasteiger partial charge in [0.05, 0.1) is 13.7 Å². The van der Waals surface area contributed by atoms with Crippen LogP contribution in [0.1, 0.15) is 43.3 Å². The summed E-state index contributed by atoms with van der Waals surface area (Å²) in [6.45, 7) is 1.60. The maximum absolute atomic E-state index is 11.7. The van der Waals surface area contributed by atoms with E-state index in [4.69, 9.17) is 4.74 Å². The van der Waals surface area contributed by atoms with Crippen LogP contribution in [-0.4, -0.2) is 45.3 Å². The zero-order valence-electron chi connectivity index (χ0n) is 11.5. The summed E-state index contributed by atoms with van der Waals surface area (Å²) in [4.78, 5) is 13.9. The lowest BCUT2D eigenvalue weighted by molar-refractivity contribution is -0.146. The third kappa shape index (κ3) is 2.36. The van der Waals surface area contributed by atoms with Crippen molar-refractivity contribution >= 4 is 5.97 Å². The third-order valence-corrected chi connectivity index (χ3v) is 4.12. The monoisotopic (exact) mass is 264 g/mol. The molecule has 2 fully saturated rings. The predicted molar refractivity (Wildman–Crippen MR) is 68.4 cm³/mol. The van der Waals surface area contributed by atoms with E-state index in [1.807, 2.05) is 7.05 Å². The van der Waals surface area contributed by atoms with E-state index in [1.54, 1.807) is 0 Å². The molecule has 19 heavy (non-hydrogen) atoms. The molecule has 2 aliphatic rings. The SMILES string of the molecule is COC(=O)[C@@H]1CCCN1Cc1nnc(C2CC2)n1C. The van der Waals surface area contributed by atoms with Gasteiger partial charge in [0.25, 0.3) is 0 Å². The second-order valence-electron chi connectivity index (χ2n) is 5.46. The molecule has 0 radical (unpaired) electrons. The first-order valence-electron chi connectivity index (χ1n) is 6.90. The Bertz CT molecular complexity index is 481. The van der Waals surface area contributed by atoms with Gasteiger partial charge in [0, 0.05) is 13.0 Å². The van der Waals surface area contributed by atoms with Crippen LogP contribution in [0.15, 0.2) is 0 Å². The number of esters is 1. The van der Waals surface area contributed by atoms with Crippen LogP contribution in [0.5, 0.6) is 0 Å². The number of methoxy groups -OCH3 is 1. The van der Waals surface area contributed by atoms with Gasteiger partial charge < -0.3 is 9.30 Å². The Morgan fingerprint density at radius 1 is 1.37 bits per heavy atom. The van der Waals surface area contributed by atoms with E-state index in [0.717, 1.165) is 31.0 Å². The smallest absolute Gasteiger partial charge is 0.323 e. The van der Waals surface area contributed by atoms with E-state index in [9.17, 15) is 4.79 Å². The number of ether oxygens (including phenoxy) is 1. The molecule has 6 heteroatoms. The first-order chi connectivity index (χ1) is 9.20. The van der Waals surface area contributed by atoms with Crippen molar-refractivity contribution in [3.05, 3.63) is 11.6 Å². The van der Waals surface area contributed by atoms with Crippen molar-refractivity contribution in [2.75, 3.05) is 13.7 Å². The quantitative estimate of drug-likeness (QED) is 0.754. The van der Waals surface area contributed by atoms with Gasteiger partial charge in [-0.1, -0.05) is 0 Å². The molecule has 6 nitrogen and oxygen atoms in total. The molecule has 1 aliphatic heterocycles. The topological polar surface area (TPSA) is 60.2 Å². The van der Waals surface area contributed by atoms with E-state index < -0.39 is 0 Å². The summed E-state index contributed by atoms with van der Waals surface area (Å²) in [6.07, 6.45) is 4.36. The summed E-state index contributed by atoms with van der Waals surface area (Å²) in [7, 11) is 3.47. The highest BCUT2D eigenvalue weighted by molar-refractivity contribution is 5.75. The summed E-state index contributed by atoms with van der Waals surface area (Å²) in [5.41, 5.74) is 0. The molecule has 1 aliphatic carbocycles. The van der Waals surface area contributed by atoms with E-state index in [0.29, 0.717) is 12.5 Å². The minimum Gasteiger partial charge on any atom is -0.468 e. The standard InChI is InChI=1S/C13H20N4O2/c1-16-11(14-15-12(16)9-5-6-9)8-17-7-3-4-10(17)13(18)19-2/h9-10H,3-8H2,1-2H3/t10-/m0/s1. The predicted octanol–water partition coefficient (Wildman–Crippen LogP) is 0.830. The van der Waals surface area contributed by atoms with Crippen LogP contribution < -0.4 is 0 Å². The van der Waals surface area contributed by atoms with Crippen molar-refractivity contribution < 1.29 is 9.53 Å². The Balaban J connectivity index is 1.72. The molecule has 0 N–H and O–H groups in total. The lowest BCUT2D eigenvalue weighted by Gasteiger charge is -2.21. The summed E-state index contributed by atoms with van der Waals surface area (Å²) < 4.78 is 6.95. The molecule has 0 unspecified atom stereocenters. The summed E-state index contributed by atoms with van der Waals surface area (Å²) in [6, 6.07) is -0.119. The van der Waals surface area contributed by atoms with Crippen molar-refractivity contribution in [3.8, 4) is 0 Å². The molecule has 0 amide bonds. The number of likely N-dealkylation sites (tertiary alicyclic amines) is 1. The minimum absolute atomic E-state index is 0.119. The van der Waals surface area contributed by atoms with Gasteiger partial charge in [-0.05, 0) is 32.2 Å². The Hall–Kier alpha value is -1.43. The highest BCUT2D eigenvalue weighted by atomic mass is 16.5. The molecule has 1 saturated carbocycles. The average molecular weight is 264 g/mol. The number of aromatic nitrogens is 3. The Labute approximate surface area is 112 Å². The van der Waals surface area contributed by atoms with Gasteiger partial charge in [-0.25, -0.2) is 0 Å². The van der Waals surface area contributed by atoms with Crippen molar-refractivity contribution in [1.82, 2.24) is 19.7 Å². The Morgan fingerprint density at radius 3 is 2.84 bits per heavy atom. The molecule has 1 saturated heterocycles. The van der Waals surface area contributed by atoms with Gasteiger partial charge in [-0.15, -0.1) is 10.2 Å². The summed E-state index contributed by atoms with van der Waals surface area (Å²) >= 11 is 0. The van der Waals surface area contributed by atoms with Crippen LogP contribution in [0, 0.1) is 0 Å². The Kier molecular flexibility index (Phi) is 3.26. The molecule has 1 aromatic heterocycles. The molecular weight excluding hydrogens is 244 g/mol. The maximum Gasteiger partial charge on any atom is 0.323 e. The molecule has 1 atom stereocenters. The first-order valence-corrected chi connectivity index (χ1v) is 6.90. The summed E-state index contributed by atoms with van der Waals surface area (Å²) in [5, 5.41) is 8.56. The van der Waals surface area contributed by atoms with E-state index in [-0.39, 0.29) is 12.0 Å². The van der Waals surface area contributed by atoms with Gasteiger partial charge in [-0.3, -0.25) is 9.69 Å². The number of hydrogen-bond donors (Lipinski definition) is 0. The number of carbonyl (C=O) groups excluding carboxylic acids is 1. The summed E-state index contributed by atoms with van der Waals surface area (Å²) in [5.74, 6) is 2.49. The highest BCUT2D eigenvalue weighted by Crippen LogP contribution is 2.38. The first kappa shape index (κ1) is 12.6. The van der Waals surface area contributed by atoms with Gasteiger partial charge >= 0.3 is 5.97 Å². The fraction of sp³-hybridized carbons (Fsp3) is 0.769. The lowest BCUT2D eigenvalue weighted by atomic mass is 10.2. The van der Waals surface area contributed by atoms with Crippen LogP contribution in [-0.2, 0) is 23.1 Å². The zero-order chi connectivity index (χ0) is 13.4. The van der Waals surface area contributed by atoms with Crippen molar-refractivity contribution in [2.24, 2.45) is 7.05 Å². The number of nitrogens with zero attached hydrogens (tertiary/aromatic N) is 4. The van der Waals surface area contributed by atoms with Crippen LogP contribution in [0.4, 0.5) is 0 Å². The van der Waals surface area contributed by atoms with Crippen LogP contribution >= 0.6 is 0 Å². The van der Waals surface area contributed by atoms with Crippen molar-refractivity contribution in [3.63, 3.8) is 0 Å².